The number of rotatable bonds is 5. The van der Waals surface area contributed by atoms with Gasteiger partial charge in [-0.05, 0) is 18.6 Å². The molecule has 0 N–H and O–H groups in total. The quantitative estimate of drug-likeness (QED) is 0.525. The zero-order valence-electron chi connectivity index (χ0n) is 14.0. The predicted molar refractivity (Wildman–Crippen MR) is 100 cm³/mol. The fraction of sp³-hybridized carbons (Fsp3) is 0.333. The van der Waals surface area contributed by atoms with Gasteiger partial charge in [0, 0.05) is 11.1 Å². The summed E-state index contributed by atoms with van der Waals surface area (Å²) in [6.45, 7) is 7.18. The maximum atomic E-state index is 3.62. The number of unbranched alkanes of at least 4 members (excludes halogenated alkanes) is 1. The van der Waals surface area contributed by atoms with Crippen molar-refractivity contribution in [3.05, 3.63) is 66.2 Å². The Morgan fingerprint density at radius 1 is 0.909 bits per heavy atom. The first-order valence-electron chi connectivity index (χ1n) is 8.26. The van der Waals surface area contributed by atoms with Crippen LogP contribution in [0.4, 0.5) is 0 Å². The van der Waals surface area contributed by atoms with Crippen LogP contribution in [-0.4, -0.2) is 8.07 Å². The molecule has 0 radical (unpaired) electrons. The van der Waals surface area contributed by atoms with Crippen LogP contribution in [0.3, 0.4) is 0 Å². The standard InChI is InChI=1S/C21H26Si/c1-4-5-14-21(18-17-19-12-8-6-9-13-19)22(2,3)20-15-10-7-11-16-20/h6-13,15-16,21H,4-5,14H2,1-3H3. The van der Waals surface area contributed by atoms with Crippen LogP contribution < -0.4 is 5.19 Å². The van der Waals surface area contributed by atoms with E-state index in [0.717, 1.165) is 5.56 Å². The topological polar surface area (TPSA) is 0 Å². The summed E-state index contributed by atoms with van der Waals surface area (Å²) < 4.78 is 0. The summed E-state index contributed by atoms with van der Waals surface area (Å²) in [6, 6.07) is 21.4. The van der Waals surface area contributed by atoms with Gasteiger partial charge in [0.1, 0.15) is 0 Å². The van der Waals surface area contributed by atoms with Gasteiger partial charge in [-0.3, -0.25) is 0 Å². The van der Waals surface area contributed by atoms with Crippen molar-refractivity contribution >= 4 is 13.3 Å². The number of hydrogen-bond donors (Lipinski definition) is 0. The smallest absolute Gasteiger partial charge is 0.0962 e. The third kappa shape index (κ3) is 4.35. The van der Waals surface area contributed by atoms with Gasteiger partial charge in [-0.1, -0.05) is 98.4 Å². The molecule has 0 aromatic heterocycles. The molecule has 2 rings (SSSR count). The summed E-state index contributed by atoms with van der Waals surface area (Å²) in [5.74, 6) is 7.04. The summed E-state index contributed by atoms with van der Waals surface area (Å²) in [7, 11) is -1.57. The molecule has 1 atom stereocenters. The Bertz CT molecular complexity index is 617. The zero-order valence-corrected chi connectivity index (χ0v) is 15.0. The lowest BCUT2D eigenvalue weighted by molar-refractivity contribution is 0.726. The Balaban J connectivity index is 2.28. The SMILES string of the molecule is CCCCC(C#Cc1ccccc1)[Si](C)(C)c1ccccc1. The van der Waals surface area contributed by atoms with E-state index in [0.29, 0.717) is 5.54 Å². The lowest BCUT2D eigenvalue weighted by Gasteiger charge is -2.29. The van der Waals surface area contributed by atoms with Crippen molar-refractivity contribution in [3.63, 3.8) is 0 Å². The molecule has 22 heavy (non-hydrogen) atoms. The molecular weight excluding hydrogens is 280 g/mol. The molecule has 2 aromatic carbocycles. The molecule has 0 aliphatic carbocycles. The maximum Gasteiger partial charge on any atom is 0.0962 e. The first kappa shape index (κ1) is 16.6. The Kier molecular flexibility index (Phi) is 6.04. The van der Waals surface area contributed by atoms with Gasteiger partial charge in [0.15, 0.2) is 0 Å². The molecule has 0 saturated carbocycles. The van der Waals surface area contributed by atoms with Gasteiger partial charge in [-0.25, -0.2) is 0 Å². The first-order valence-corrected chi connectivity index (χ1v) is 11.3. The largest absolute Gasteiger partial charge is 0.0972 e. The fourth-order valence-corrected chi connectivity index (χ4v) is 5.60. The van der Waals surface area contributed by atoms with Crippen molar-refractivity contribution in [3.8, 4) is 11.8 Å². The Hall–Kier alpha value is -1.78. The van der Waals surface area contributed by atoms with Gasteiger partial charge in [0.2, 0.25) is 0 Å². The van der Waals surface area contributed by atoms with Gasteiger partial charge in [0.25, 0.3) is 0 Å². The van der Waals surface area contributed by atoms with Crippen molar-refractivity contribution in [2.45, 2.75) is 44.8 Å². The van der Waals surface area contributed by atoms with Crippen LogP contribution in [0.5, 0.6) is 0 Å². The molecular formula is C21H26Si. The summed E-state index contributed by atoms with van der Waals surface area (Å²) in [6.07, 6.45) is 3.71. The van der Waals surface area contributed by atoms with Crippen LogP contribution in [0.25, 0.3) is 0 Å². The summed E-state index contributed by atoms with van der Waals surface area (Å²) in [4.78, 5) is 0. The molecule has 1 heteroatoms. The fourth-order valence-electron chi connectivity index (χ4n) is 2.78. The van der Waals surface area contributed by atoms with E-state index in [1.54, 1.807) is 0 Å². The highest BCUT2D eigenvalue weighted by Gasteiger charge is 2.31. The van der Waals surface area contributed by atoms with Crippen LogP contribution in [0.15, 0.2) is 60.7 Å². The van der Waals surface area contributed by atoms with Crippen LogP contribution in [0.2, 0.25) is 18.6 Å². The molecule has 0 nitrogen and oxygen atoms in total. The molecule has 1 unspecified atom stereocenters. The van der Waals surface area contributed by atoms with Crippen molar-refractivity contribution < 1.29 is 0 Å². The van der Waals surface area contributed by atoms with Crippen molar-refractivity contribution in [1.29, 1.82) is 0 Å². The minimum atomic E-state index is -1.57. The minimum absolute atomic E-state index is 0.509. The second kappa shape index (κ2) is 8.01. The molecule has 0 aliphatic heterocycles. The van der Waals surface area contributed by atoms with E-state index in [2.05, 4.69) is 86.5 Å². The van der Waals surface area contributed by atoms with Gasteiger partial charge in [0.05, 0.1) is 8.07 Å². The lowest BCUT2D eigenvalue weighted by atomic mass is 10.2. The Labute approximate surface area is 136 Å². The van der Waals surface area contributed by atoms with E-state index in [-0.39, 0.29) is 0 Å². The second-order valence-electron chi connectivity index (χ2n) is 6.42. The molecule has 0 heterocycles. The molecule has 0 fully saturated rings. The number of benzene rings is 2. The third-order valence-electron chi connectivity index (χ3n) is 4.40. The average Bonchev–Trinajstić information content (AvgIpc) is 2.56. The van der Waals surface area contributed by atoms with E-state index in [1.807, 2.05) is 6.07 Å². The molecule has 0 amide bonds. The minimum Gasteiger partial charge on any atom is -0.0972 e. The van der Waals surface area contributed by atoms with Crippen molar-refractivity contribution in [1.82, 2.24) is 0 Å². The predicted octanol–water partition coefficient (Wildman–Crippen LogP) is 5.21. The highest BCUT2D eigenvalue weighted by Crippen LogP contribution is 2.27. The van der Waals surface area contributed by atoms with Gasteiger partial charge >= 0.3 is 0 Å². The van der Waals surface area contributed by atoms with Crippen LogP contribution in [0.1, 0.15) is 31.7 Å². The van der Waals surface area contributed by atoms with Gasteiger partial charge < -0.3 is 0 Å². The van der Waals surface area contributed by atoms with Crippen LogP contribution >= 0.6 is 0 Å². The second-order valence-corrected chi connectivity index (χ2v) is 11.1. The lowest BCUT2D eigenvalue weighted by Crippen LogP contribution is -2.45. The highest BCUT2D eigenvalue weighted by molar-refractivity contribution is 6.91. The maximum absolute atomic E-state index is 3.62. The van der Waals surface area contributed by atoms with Crippen molar-refractivity contribution in [2.24, 2.45) is 0 Å². The Morgan fingerprint density at radius 2 is 1.50 bits per heavy atom. The average molecular weight is 307 g/mol. The molecule has 2 aromatic rings. The number of hydrogen-bond acceptors (Lipinski definition) is 0. The van der Waals surface area contributed by atoms with E-state index < -0.39 is 8.07 Å². The molecule has 114 valence electrons. The van der Waals surface area contributed by atoms with E-state index in [4.69, 9.17) is 0 Å². The molecule has 0 saturated heterocycles. The van der Waals surface area contributed by atoms with Gasteiger partial charge in [-0.2, -0.15) is 0 Å². The Morgan fingerprint density at radius 3 is 2.09 bits per heavy atom. The molecule has 0 bridgehead atoms. The van der Waals surface area contributed by atoms with E-state index in [1.165, 1.54) is 24.4 Å². The summed E-state index contributed by atoms with van der Waals surface area (Å²) >= 11 is 0. The highest BCUT2D eigenvalue weighted by atomic mass is 28.3. The van der Waals surface area contributed by atoms with Crippen LogP contribution in [0, 0.1) is 11.8 Å². The third-order valence-corrected chi connectivity index (χ3v) is 8.40. The zero-order chi connectivity index (χ0) is 15.8. The van der Waals surface area contributed by atoms with E-state index in [9.17, 15) is 0 Å². The monoisotopic (exact) mass is 306 g/mol. The van der Waals surface area contributed by atoms with E-state index >= 15 is 0 Å². The molecule has 0 aliphatic rings. The van der Waals surface area contributed by atoms with Crippen LogP contribution in [-0.2, 0) is 0 Å². The van der Waals surface area contributed by atoms with Gasteiger partial charge in [-0.15, -0.1) is 0 Å². The normalized spacial score (nSPS) is 12.3. The van der Waals surface area contributed by atoms with Crippen molar-refractivity contribution in [2.75, 3.05) is 0 Å². The summed E-state index contributed by atoms with van der Waals surface area (Å²) in [5.41, 5.74) is 1.64. The molecule has 0 spiro atoms. The first-order chi connectivity index (χ1) is 10.6. The summed E-state index contributed by atoms with van der Waals surface area (Å²) in [5, 5.41) is 1.51.